The molecule has 1 saturated heterocycles. The third kappa shape index (κ3) is 2.88. The number of piperazine rings is 1. The van der Waals surface area contributed by atoms with E-state index in [9.17, 15) is 0 Å². The standard InChI is InChI=1S/C20H23ClN3/c1-22-10-12-23(13-11-22)14-15-24-18-8-4-2-6-16(18)20(21)17-7-3-5-9-19(17)24/h2-9H,10-15H2,1H3/q+1. The number of halogens is 1. The Hall–Kier alpha value is -1.68. The van der Waals surface area contributed by atoms with Crippen molar-refractivity contribution in [2.24, 2.45) is 0 Å². The molecule has 4 heteroatoms. The Balaban J connectivity index is 1.73. The summed E-state index contributed by atoms with van der Waals surface area (Å²) in [6.07, 6.45) is 0. The van der Waals surface area contributed by atoms with E-state index in [1.807, 2.05) is 0 Å². The van der Waals surface area contributed by atoms with Gasteiger partial charge in [0.1, 0.15) is 0 Å². The zero-order valence-electron chi connectivity index (χ0n) is 14.1. The second-order valence-corrected chi connectivity index (χ2v) is 7.02. The molecule has 0 saturated carbocycles. The van der Waals surface area contributed by atoms with Crippen molar-refractivity contribution in [2.45, 2.75) is 6.54 Å². The van der Waals surface area contributed by atoms with Gasteiger partial charge in [-0.3, -0.25) is 4.90 Å². The topological polar surface area (TPSA) is 10.4 Å². The fraction of sp³-hybridized carbons (Fsp3) is 0.350. The van der Waals surface area contributed by atoms with Gasteiger partial charge in [-0.2, -0.15) is 4.57 Å². The maximum Gasteiger partial charge on any atom is 0.214 e. The zero-order chi connectivity index (χ0) is 16.5. The molecule has 0 N–H and O–H groups in total. The second kappa shape index (κ2) is 6.67. The van der Waals surface area contributed by atoms with Crippen LogP contribution in [-0.2, 0) is 6.54 Å². The maximum absolute atomic E-state index is 6.68. The lowest BCUT2D eigenvalue weighted by Crippen LogP contribution is -2.48. The van der Waals surface area contributed by atoms with Gasteiger partial charge >= 0.3 is 0 Å². The third-order valence-electron chi connectivity index (χ3n) is 5.10. The number of benzene rings is 2. The van der Waals surface area contributed by atoms with Crippen molar-refractivity contribution in [1.82, 2.24) is 9.80 Å². The summed E-state index contributed by atoms with van der Waals surface area (Å²) in [5.41, 5.74) is 2.44. The van der Waals surface area contributed by atoms with E-state index in [0.29, 0.717) is 0 Å². The molecule has 1 fully saturated rings. The number of likely N-dealkylation sites (N-methyl/N-ethyl adjacent to an activating group) is 1. The van der Waals surface area contributed by atoms with Crippen LogP contribution >= 0.6 is 11.6 Å². The molecule has 0 bridgehead atoms. The predicted octanol–water partition coefficient (Wildman–Crippen LogP) is 3.18. The van der Waals surface area contributed by atoms with Gasteiger partial charge in [-0.15, -0.1) is 0 Å². The van der Waals surface area contributed by atoms with E-state index in [0.717, 1.165) is 55.1 Å². The minimum atomic E-state index is 0.858. The number of hydrogen-bond acceptors (Lipinski definition) is 2. The molecule has 1 aromatic heterocycles. The number of pyridine rings is 1. The van der Waals surface area contributed by atoms with Crippen molar-refractivity contribution >= 4 is 33.4 Å². The summed E-state index contributed by atoms with van der Waals surface area (Å²) >= 11 is 6.68. The van der Waals surface area contributed by atoms with E-state index >= 15 is 0 Å². The molecular weight excluding hydrogens is 318 g/mol. The first-order valence-electron chi connectivity index (χ1n) is 8.64. The van der Waals surface area contributed by atoms with Crippen LogP contribution in [0.15, 0.2) is 48.5 Å². The van der Waals surface area contributed by atoms with Gasteiger partial charge in [0.15, 0.2) is 6.54 Å². The summed E-state index contributed by atoms with van der Waals surface area (Å²) in [6, 6.07) is 16.9. The molecule has 0 spiro atoms. The molecule has 3 aromatic rings. The van der Waals surface area contributed by atoms with E-state index in [2.05, 4.69) is 69.9 Å². The third-order valence-corrected chi connectivity index (χ3v) is 5.51. The first kappa shape index (κ1) is 15.8. The van der Waals surface area contributed by atoms with Crippen molar-refractivity contribution in [3.63, 3.8) is 0 Å². The fourth-order valence-electron chi connectivity index (χ4n) is 3.62. The number of aromatic nitrogens is 1. The Bertz CT molecular complexity index is 812. The maximum atomic E-state index is 6.68. The molecule has 3 nitrogen and oxygen atoms in total. The normalized spacial score (nSPS) is 16.9. The van der Waals surface area contributed by atoms with Crippen molar-refractivity contribution < 1.29 is 4.57 Å². The molecule has 4 rings (SSSR count). The van der Waals surface area contributed by atoms with Gasteiger partial charge in [0, 0.05) is 38.3 Å². The van der Waals surface area contributed by atoms with E-state index in [-0.39, 0.29) is 0 Å². The van der Waals surface area contributed by atoms with E-state index in [1.54, 1.807) is 0 Å². The van der Waals surface area contributed by atoms with Crippen LogP contribution in [0, 0.1) is 0 Å². The first-order chi connectivity index (χ1) is 11.7. The Labute approximate surface area is 148 Å². The fourth-order valence-corrected chi connectivity index (χ4v) is 3.94. The van der Waals surface area contributed by atoms with Gasteiger partial charge in [-0.25, -0.2) is 0 Å². The summed E-state index contributed by atoms with van der Waals surface area (Å²) in [5.74, 6) is 0. The lowest BCUT2D eigenvalue weighted by Gasteiger charge is -2.31. The van der Waals surface area contributed by atoms with Crippen LogP contribution in [0.1, 0.15) is 0 Å². The van der Waals surface area contributed by atoms with Gasteiger partial charge in [0.2, 0.25) is 11.0 Å². The summed E-state index contributed by atoms with van der Waals surface area (Å²) in [6.45, 7) is 6.69. The smallest absolute Gasteiger partial charge is 0.214 e. The molecular formula is C20H23ClN3+. The Kier molecular flexibility index (Phi) is 4.40. The van der Waals surface area contributed by atoms with Crippen molar-refractivity contribution in [1.29, 1.82) is 0 Å². The van der Waals surface area contributed by atoms with E-state index < -0.39 is 0 Å². The van der Waals surface area contributed by atoms with Crippen LogP contribution in [0.3, 0.4) is 0 Å². The summed E-state index contributed by atoms with van der Waals surface area (Å²) < 4.78 is 2.43. The van der Waals surface area contributed by atoms with Crippen molar-refractivity contribution in [2.75, 3.05) is 39.8 Å². The summed E-state index contributed by atoms with van der Waals surface area (Å²) in [7, 11) is 2.20. The number of rotatable bonds is 3. The lowest BCUT2D eigenvalue weighted by molar-refractivity contribution is -0.645. The Morgan fingerprint density at radius 3 is 2.00 bits per heavy atom. The molecule has 0 atom stereocenters. The molecule has 1 aliphatic rings. The van der Waals surface area contributed by atoms with Crippen LogP contribution in [0.25, 0.3) is 21.8 Å². The molecule has 0 radical (unpaired) electrons. The highest BCUT2D eigenvalue weighted by molar-refractivity contribution is 6.39. The van der Waals surface area contributed by atoms with Crippen molar-refractivity contribution in [3.05, 3.63) is 53.6 Å². The van der Waals surface area contributed by atoms with Crippen LogP contribution in [0.2, 0.25) is 5.02 Å². The minimum absolute atomic E-state index is 0.858. The molecule has 0 amide bonds. The molecule has 24 heavy (non-hydrogen) atoms. The number of fused-ring (bicyclic) bond motifs is 2. The lowest BCUT2D eigenvalue weighted by atomic mass is 10.1. The zero-order valence-corrected chi connectivity index (χ0v) is 14.8. The Morgan fingerprint density at radius 1 is 0.875 bits per heavy atom. The van der Waals surface area contributed by atoms with Crippen molar-refractivity contribution in [3.8, 4) is 0 Å². The molecule has 0 aliphatic carbocycles. The monoisotopic (exact) mass is 340 g/mol. The minimum Gasteiger partial charge on any atom is -0.304 e. The SMILES string of the molecule is CN1CCN(CC[n+]2c3ccccc3c(Cl)c3ccccc32)CC1. The van der Waals surface area contributed by atoms with Gasteiger partial charge in [0.25, 0.3) is 0 Å². The average Bonchev–Trinajstić information content (AvgIpc) is 2.63. The molecule has 0 unspecified atom stereocenters. The van der Waals surface area contributed by atoms with Gasteiger partial charge in [0.05, 0.1) is 22.3 Å². The number of hydrogen-bond donors (Lipinski definition) is 0. The molecule has 1 aliphatic heterocycles. The van der Waals surface area contributed by atoms with Crippen LogP contribution in [0.5, 0.6) is 0 Å². The van der Waals surface area contributed by atoms with Crippen LogP contribution in [-0.4, -0.2) is 49.6 Å². The Morgan fingerprint density at radius 2 is 1.42 bits per heavy atom. The van der Waals surface area contributed by atoms with E-state index in [4.69, 9.17) is 11.6 Å². The number of nitrogens with zero attached hydrogens (tertiary/aromatic N) is 3. The average molecular weight is 341 g/mol. The largest absolute Gasteiger partial charge is 0.304 e. The predicted molar refractivity (Wildman–Crippen MR) is 101 cm³/mol. The number of para-hydroxylation sites is 2. The van der Waals surface area contributed by atoms with Gasteiger partial charge in [-0.05, 0) is 19.2 Å². The summed E-state index contributed by atoms with van der Waals surface area (Å²) in [5, 5.41) is 3.13. The second-order valence-electron chi connectivity index (χ2n) is 6.64. The van der Waals surface area contributed by atoms with Gasteiger partial charge in [-0.1, -0.05) is 35.9 Å². The molecule has 2 heterocycles. The molecule has 2 aromatic carbocycles. The van der Waals surface area contributed by atoms with E-state index in [1.165, 1.54) is 11.0 Å². The van der Waals surface area contributed by atoms with Crippen LogP contribution in [0.4, 0.5) is 0 Å². The van der Waals surface area contributed by atoms with Gasteiger partial charge < -0.3 is 4.90 Å². The van der Waals surface area contributed by atoms with Crippen LogP contribution < -0.4 is 4.57 Å². The highest BCUT2D eigenvalue weighted by atomic mass is 35.5. The quantitative estimate of drug-likeness (QED) is 0.535. The summed E-state index contributed by atoms with van der Waals surface area (Å²) in [4.78, 5) is 4.96. The highest BCUT2D eigenvalue weighted by Crippen LogP contribution is 2.28. The first-order valence-corrected chi connectivity index (χ1v) is 9.01. The highest BCUT2D eigenvalue weighted by Gasteiger charge is 2.21. The molecule has 124 valence electrons.